The molecule has 1 aliphatic heterocycles. The van der Waals surface area contributed by atoms with Gasteiger partial charge in [0.25, 0.3) is 0 Å². The van der Waals surface area contributed by atoms with Crippen LogP contribution in [0.2, 0.25) is 0 Å². The second kappa shape index (κ2) is 11.8. The number of methoxy groups -OCH3 is 2. The van der Waals surface area contributed by atoms with Crippen molar-refractivity contribution in [2.24, 2.45) is 0 Å². The van der Waals surface area contributed by atoms with Crippen LogP contribution < -0.4 is 14.2 Å². The highest BCUT2D eigenvalue weighted by atomic mass is 32.2. The Morgan fingerprint density at radius 1 is 1.05 bits per heavy atom. The van der Waals surface area contributed by atoms with Gasteiger partial charge in [-0.15, -0.1) is 10.2 Å². The number of aryl methyl sites for hydroxylation is 1. The Balaban J connectivity index is 1.82. The van der Waals surface area contributed by atoms with Crippen LogP contribution in [0.25, 0.3) is 5.69 Å². The third kappa shape index (κ3) is 5.72. The number of amides is 1. The van der Waals surface area contributed by atoms with E-state index in [0.717, 1.165) is 5.56 Å². The molecule has 2 aromatic heterocycles. The molecule has 1 saturated heterocycles. The maximum absolute atomic E-state index is 13.8. The van der Waals surface area contributed by atoms with Crippen molar-refractivity contribution in [2.45, 2.75) is 64.0 Å². The summed E-state index contributed by atoms with van der Waals surface area (Å²) >= 11 is 0. The van der Waals surface area contributed by atoms with Gasteiger partial charge in [0.05, 0.1) is 26.4 Å². The first-order valence-corrected chi connectivity index (χ1v) is 14.4. The number of hydrogen-bond donors (Lipinski definition) is 1. The fraction of sp³-hybridized carbons (Fsp3) is 0.500. The largest absolute Gasteiger partial charge is 0.494 e. The van der Waals surface area contributed by atoms with Crippen molar-refractivity contribution in [1.82, 2.24) is 29.6 Å². The maximum Gasteiger partial charge on any atom is 0.243 e. The number of likely N-dealkylation sites (tertiary alicyclic amines) is 1. The van der Waals surface area contributed by atoms with Gasteiger partial charge in [-0.05, 0) is 51.8 Å². The molecule has 13 nitrogen and oxygen atoms in total. The zero-order valence-electron chi connectivity index (χ0n) is 23.7. The van der Waals surface area contributed by atoms with Crippen LogP contribution in [-0.4, -0.2) is 76.6 Å². The van der Waals surface area contributed by atoms with Gasteiger partial charge in [0, 0.05) is 25.9 Å². The standard InChI is InChI=1S/C26H35N7O6S/c1-15(2)39-23(24-27-13-16(3)14-28-24)17(4)40(35,36)31-26-30-29-25(18-11-12-21(34)32(18)5)33(26)22-19(37-6)9-8-10-20(22)38-7/h8-10,13-15,17-18,23H,11-12H2,1-7H3,(H,30,31)/t17-,18+,23+/m0/s1. The van der Waals surface area contributed by atoms with E-state index in [-0.39, 0.29) is 23.8 Å². The molecule has 0 spiro atoms. The summed E-state index contributed by atoms with van der Waals surface area (Å²) < 4.78 is 49.0. The predicted octanol–water partition coefficient (Wildman–Crippen LogP) is 2.97. The summed E-state index contributed by atoms with van der Waals surface area (Å²) in [5.41, 5.74) is 1.23. The molecule has 0 aliphatic carbocycles. The lowest BCUT2D eigenvalue weighted by Crippen LogP contribution is -2.35. The molecule has 14 heteroatoms. The SMILES string of the molecule is COc1cccc(OC)c1-n1c(NS(=O)(=O)[C@@H](C)[C@@H](OC(C)C)c2ncc(C)cn2)nnc1[C@H]1CCC(=O)N1C. The molecule has 1 aromatic carbocycles. The monoisotopic (exact) mass is 573 g/mol. The Morgan fingerprint density at radius 3 is 2.20 bits per heavy atom. The second-order valence-electron chi connectivity index (χ2n) is 9.86. The van der Waals surface area contributed by atoms with E-state index in [1.807, 2.05) is 20.8 Å². The van der Waals surface area contributed by atoms with Gasteiger partial charge in [0.2, 0.25) is 21.9 Å². The molecule has 0 unspecified atom stereocenters. The van der Waals surface area contributed by atoms with Crippen molar-refractivity contribution < 1.29 is 27.4 Å². The molecule has 216 valence electrons. The number of rotatable bonds is 11. The van der Waals surface area contributed by atoms with Gasteiger partial charge in [-0.2, -0.15) is 0 Å². The van der Waals surface area contributed by atoms with Gasteiger partial charge in [-0.1, -0.05) is 6.07 Å². The number of anilines is 1. The fourth-order valence-corrected chi connectivity index (χ4v) is 5.65. The summed E-state index contributed by atoms with van der Waals surface area (Å²) in [6.45, 7) is 6.98. The van der Waals surface area contributed by atoms with E-state index in [1.165, 1.54) is 25.7 Å². The maximum atomic E-state index is 13.8. The number of para-hydroxylation sites is 1. The molecule has 0 saturated carbocycles. The first kappa shape index (κ1) is 29.2. The molecular formula is C26H35N7O6S. The van der Waals surface area contributed by atoms with E-state index in [2.05, 4.69) is 24.9 Å². The van der Waals surface area contributed by atoms with Gasteiger partial charge in [-0.3, -0.25) is 14.1 Å². The lowest BCUT2D eigenvalue weighted by atomic mass is 10.2. The van der Waals surface area contributed by atoms with Crippen molar-refractivity contribution in [3.63, 3.8) is 0 Å². The molecule has 40 heavy (non-hydrogen) atoms. The second-order valence-corrected chi connectivity index (χ2v) is 11.9. The predicted molar refractivity (Wildman–Crippen MR) is 147 cm³/mol. The highest BCUT2D eigenvalue weighted by Crippen LogP contribution is 2.40. The molecule has 1 fully saturated rings. The quantitative estimate of drug-likeness (QED) is 0.362. The van der Waals surface area contributed by atoms with E-state index in [4.69, 9.17) is 14.2 Å². The van der Waals surface area contributed by atoms with E-state index in [0.29, 0.717) is 35.9 Å². The Hall–Kier alpha value is -3.78. The number of hydrogen-bond acceptors (Lipinski definition) is 10. The number of nitrogens with one attached hydrogen (secondary N) is 1. The van der Waals surface area contributed by atoms with Crippen LogP contribution in [0, 0.1) is 6.92 Å². The zero-order chi connectivity index (χ0) is 29.2. The van der Waals surface area contributed by atoms with Crippen molar-refractivity contribution in [3.8, 4) is 17.2 Å². The molecule has 3 atom stereocenters. The summed E-state index contributed by atoms with van der Waals surface area (Å²) in [6, 6.07) is 4.74. The summed E-state index contributed by atoms with van der Waals surface area (Å²) in [5, 5.41) is 7.44. The van der Waals surface area contributed by atoms with Crippen LogP contribution in [-0.2, 0) is 19.6 Å². The number of carbonyl (C=O) groups excluding carboxylic acids is 1. The average Bonchev–Trinajstić information content (AvgIpc) is 3.47. The number of ether oxygens (including phenoxy) is 3. The lowest BCUT2D eigenvalue weighted by Gasteiger charge is -2.26. The number of benzene rings is 1. The Labute approximate surface area is 233 Å². The van der Waals surface area contributed by atoms with Crippen molar-refractivity contribution in [3.05, 3.63) is 47.8 Å². The molecule has 4 rings (SSSR count). The third-order valence-electron chi connectivity index (χ3n) is 6.73. The summed E-state index contributed by atoms with van der Waals surface area (Å²) in [4.78, 5) is 22.6. The minimum Gasteiger partial charge on any atom is -0.494 e. The smallest absolute Gasteiger partial charge is 0.243 e. The molecule has 3 aromatic rings. The number of sulfonamides is 1. The van der Waals surface area contributed by atoms with E-state index < -0.39 is 27.4 Å². The van der Waals surface area contributed by atoms with Crippen LogP contribution in [0.1, 0.15) is 63.0 Å². The molecule has 3 heterocycles. The van der Waals surface area contributed by atoms with Crippen molar-refractivity contribution in [2.75, 3.05) is 26.0 Å². The minimum absolute atomic E-state index is 0.0472. The highest BCUT2D eigenvalue weighted by Gasteiger charge is 2.38. The molecule has 1 N–H and O–H groups in total. The van der Waals surface area contributed by atoms with Gasteiger partial charge in [0.15, 0.2) is 11.6 Å². The molecule has 0 bridgehead atoms. The van der Waals surface area contributed by atoms with Crippen LogP contribution in [0.4, 0.5) is 5.95 Å². The van der Waals surface area contributed by atoms with Crippen LogP contribution >= 0.6 is 0 Å². The normalized spacial score (nSPS) is 17.2. The van der Waals surface area contributed by atoms with E-state index >= 15 is 0 Å². The molecular weight excluding hydrogens is 538 g/mol. The number of carbonyl (C=O) groups is 1. The molecule has 0 radical (unpaired) electrons. The van der Waals surface area contributed by atoms with E-state index in [1.54, 1.807) is 42.5 Å². The first-order chi connectivity index (χ1) is 19.0. The molecule has 1 amide bonds. The average molecular weight is 574 g/mol. The fourth-order valence-electron chi connectivity index (χ4n) is 4.56. The summed E-state index contributed by atoms with van der Waals surface area (Å²) in [6.07, 6.45) is 2.79. The van der Waals surface area contributed by atoms with Crippen LogP contribution in [0.5, 0.6) is 11.5 Å². The first-order valence-electron chi connectivity index (χ1n) is 12.9. The topological polar surface area (TPSA) is 151 Å². The van der Waals surface area contributed by atoms with Crippen LogP contribution in [0.15, 0.2) is 30.6 Å². The Morgan fingerprint density at radius 2 is 1.68 bits per heavy atom. The van der Waals surface area contributed by atoms with Crippen molar-refractivity contribution in [1.29, 1.82) is 0 Å². The van der Waals surface area contributed by atoms with Gasteiger partial charge in [0.1, 0.15) is 28.5 Å². The zero-order valence-corrected chi connectivity index (χ0v) is 24.5. The lowest BCUT2D eigenvalue weighted by molar-refractivity contribution is -0.127. The number of aromatic nitrogens is 5. The number of nitrogens with zero attached hydrogens (tertiary/aromatic N) is 6. The highest BCUT2D eigenvalue weighted by molar-refractivity contribution is 7.93. The Kier molecular flexibility index (Phi) is 8.59. The summed E-state index contributed by atoms with van der Waals surface area (Å²) in [5.74, 6) is 1.26. The van der Waals surface area contributed by atoms with Crippen molar-refractivity contribution >= 4 is 21.9 Å². The summed E-state index contributed by atoms with van der Waals surface area (Å²) in [7, 11) is 0.509. The van der Waals surface area contributed by atoms with Crippen LogP contribution in [0.3, 0.4) is 0 Å². The van der Waals surface area contributed by atoms with Gasteiger partial charge in [-0.25, -0.2) is 18.4 Å². The Bertz CT molecular complexity index is 1440. The van der Waals surface area contributed by atoms with Gasteiger partial charge < -0.3 is 19.1 Å². The molecule has 1 aliphatic rings. The van der Waals surface area contributed by atoms with Gasteiger partial charge >= 0.3 is 0 Å². The minimum atomic E-state index is -4.16. The third-order valence-corrected chi connectivity index (χ3v) is 8.42. The van der Waals surface area contributed by atoms with E-state index in [9.17, 15) is 13.2 Å².